The molecule has 0 radical (unpaired) electrons. The number of hydrogen-bond acceptors (Lipinski definition) is 2. The Labute approximate surface area is 115 Å². The molecule has 0 bridgehead atoms. The molecule has 0 aliphatic carbocycles. The summed E-state index contributed by atoms with van der Waals surface area (Å²) in [5.41, 5.74) is 1.37. The molecule has 0 fully saturated rings. The highest BCUT2D eigenvalue weighted by Crippen LogP contribution is 2.27. The highest BCUT2D eigenvalue weighted by molar-refractivity contribution is 9.10. The van der Waals surface area contributed by atoms with Gasteiger partial charge in [-0.05, 0) is 34.3 Å². The number of nitrogens with zero attached hydrogens (tertiary/aromatic N) is 2. The third-order valence-electron chi connectivity index (χ3n) is 3.34. The first-order valence-corrected chi connectivity index (χ1v) is 7.16. The molecule has 1 N–H and O–H groups in total. The maximum Gasteiger partial charge on any atom is 0.148 e. The van der Waals surface area contributed by atoms with Gasteiger partial charge in [-0.2, -0.15) is 0 Å². The molecule has 1 aromatic heterocycles. The first kappa shape index (κ1) is 11.8. The molecule has 2 aromatic rings. The zero-order chi connectivity index (χ0) is 12.4. The topological polar surface area (TPSA) is 29.9 Å². The van der Waals surface area contributed by atoms with Crippen molar-refractivity contribution in [2.24, 2.45) is 0 Å². The summed E-state index contributed by atoms with van der Waals surface area (Å²) in [4.78, 5) is 4.62. The molecule has 0 saturated carbocycles. The van der Waals surface area contributed by atoms with Gasteiger partial charge in [0.15, 0.2) is 0 Å². The smallest absolute Gasteiger partial charge is 0.148 e. The molecule has 2 heterocycles. The minimum atomic E-state index is 0.949. The second-order valence-corrected chi connectivity index (χ2v) is 5.34. The summed E-state index contributed by atoms with van der Waals surface area (Å²) in [6.45, 7) is 2.12. The van der Waals surface area contributed by atoms with E-state index in [9.17, 15) is 0 Å². The van der Waals surface area contributed by atoms with Gasteiger partial charge in [-0.25, -0.2) is 4.98 Å². The van der Waals surface area contributed by atoms with E-state index in [-0.39, 0.29) is 0 Å². The van der Waals surface area contributed by atoms with E-state index in [0.29, 0.717) is 0 Å². The number of nitrogens with one attached hydrogen (secondary N) is 1. The van der Waals surface area contributed by atoms with Crippen LogP contribution < -0.4 is 5.32 Å². The van der Waals surface area contributed by atoms with E-state index in [1.54, 1.807) is 0 Å². The van der Waals surface area contributed by atoms with Crippen molar-refractivity contribution < 1.29 is 0 Å². The van der Waals surface area contributed by atoms with Gasteiger partial charge in [0.1, 0.15) is 16.2 Å². The van der Waals surface area contributed by atoms with E-state index in [4.69, 9.17) is 0 Å². The van der Waals surface area contributed by atoms with E-state index in [2.05, 4.69) is 61.1 Å². The standard InChI is InChI=1S/C14H16BrN3/c15-13-14-16-9-4-10-18(14)12(17-13)8-7-11-5-2-1-3-6-11/h1-3,5-6,16H,4,7-10H2. The lowest BCUT2D eigenvalue weighted by Gasteiger charge is -2.18. The molecular weight excluding hydrogens is 290 g/mol. The monoisotopic (exact) mass is 305 g/mol. The van der Waals surface area contributed by atoms with Gasteiger partial charge in [0.2, 0.25) is 0 Å². The molecule has 94 valence electrons. The molecule has 3 rings (SSSR count). The van der Waals surface area contributed by atoms with Crippen LogP contribution in [0.4, 0.5) is 5.82 Å². The van der Waals surface area contributed by atoms with Crippen molar-refractivity contribution >= 4 is 21.7 Å². The van der Waals surface area contributed by atoms with Gasteiger partial charge in [-0.1, -0.05) is 30.3 Å². The number of rotatable bonds is 3. The van der Waals surface area contributed by atoms with Crippen LogP contribution in [0.2, 0.25) is 0 Å². The molecular formula is C14H16BrN3. The highest BCUT2D eigenvalue weighted by atomic mass is 79.9. The van der Waals surface area contributed by atoms with E-state index in [1.807, 2.05) is 0 Å². The van der Waals surface area contributed by atoms with Crippen molar-refractivity contribution in [2.75, 3.05) is 11.9 Å². The molecule has 1 aliphatic heterocycles. The van der Waals surface area contributed by atoms with Crippen LogP contribution in [0.5, 0.6) is 0 Å². The minimum Gasteiger partial charge on any atom is -0.369 e. The lowest BCUT2D eigenvalue weighted by atomic mass is 10.1. The molecule has 1 aliphatic rings. The number of aryl methyl sites for hydroxylation is 2. The fourth-order valence-corrected chi connectivity index (χ4v) is 2.97. The van der Waals surface area contributed by atoms with Crippen molar-refractivity contribution in [1.82, 2.24) is 9.55 Å². The molecule has 0 amide bonds. The third kappa shape index (κ3) is 2.29. The molecule has 3 nitrogen and oxygen atoms in total. The number of hydrogen-bond donors (Lipinski definition) is 1. The van der Waals surface area contributed by atoms with Gasteiger partial charge in [0.25, 0.3) is 0 Å². The Kier molecular flexibility index (Phi) is 3.37. The SMILES string of the molecule is Brc1nc(CCc2ccccc2)n2c1NCCC2. The third-order valence-corrected chi connectivity index (χ3v) is 3.89. The molecule has 0 spiro atoms. The fourth-order valence-electron chi connectivity index (χ4n) is 2.41. The second-order valence-electron chi connectivity index (χ2n) is 4.59. The maximum atomic E-state index is 4.62. The lowest BCUT2D eigenvalue weighted by molar-refractivity contribution is 0.597. The van der Waals surface area contributed by atoms with Crippen molar-refractivity contribution in [1.29, 1.82) is 0 Å². The Bertz CT molecular complexity index is 533. The van der Waals surface area contributed by atoms with Gasteiger partial charge < -0.3 is 9.88 Å². The highest BCUT2D eigenvalue weighted by Gasteiger charge is 2.17. The van der Waals surface area contributed by atoms with Crippen molar-refractivity contribution in [3.63, 3.8) is 0 Å². The first-order valence-electron chi connectivity index (χ1n) is 6.37. The van der Waals surface area contributed by atoms with Gasteiger partial charge >= 0.3 is 0 Å². The van der Waals surface area contributed by atoms with E-state index in [0.717, 1.165) is 36.4 Å². The molecule has 0 saturated heterocycles. The van der Waals surface area contributed by atoms with E-state index < -0.39 is 0 Å². The molecule has 0 atom stereocenters. The summed E-state index contributed by atoms with van der Waals surface area (Å²) in [5.74, 6) is 2.32. The van der Waals surface area contributed by atoms with Gasteiger partial charge in [0, 0.05) is 19.5 Å². The number of fused-ring (bicyclic) bond motifs is 1. The zero-order valence-electron chi connectivity index (χ0n) is 10.2. The average Bonchev–Trinajstić information content (AvgIpc) is 2.75. The van der Waals surface area contributed by atoms with Crippen LogP contribution in [-0.4, -0.2) is 16.1 Å². The Balaban J connectivity index is 1.77. The van der Waals surface area contributed by atoms with Crippen LogP contribution in [0.3, 0.4) is 0 Å². The first-order chi connectivity index (χ1) is 8.84. The molecule has 0 unspecified atom stereocenters. The number of aromatic nitrogens is 2. The number of anilines is 1. The van der Waals surface area contributed by atoms with Crippen molar-refractivity contribution in [3.8, 4) is 0 Å². The largest absolute Gasteiger partial charge is 0.369 e. The summed E-state index contributed by atoms with van der Waals surface area (Å²) in [6.07, 6.45) is 3.21. The average molecular weight is 306 g/mol. The Morgan fingerprint density at radius 1 is 1.22 bits per heavy atom. The number of imidazole rings is 1. The summed E-state index contributed by atoms with van der Waals surface area (Å²) in [6, 6.07) is 10.6. The summed E-state index contributed by atoms with van der Waals surface area (Å²) >= 11 is 3.53. The molecule has 4 heteroatoms. The van der Waals surface area contributed by atoms with Crippen molar-refractivity contribution in [3.05, 3.63) is 46.3 Å². The van der Waals surface area contributed by atoms with Gasteiger partial charge in [0.05, 0.1) is 0 Å². The summed E-state index contributed by atoms with van der Waals surface area (Å²) in [7, 11) is 0. The fraction of sp³-hybridized carbons (Fsp3) is 0.357. The maximum absolute atomic E-state index is 4.62. The van der Waals surface area contributed by atoms with Crippen LogP contribution in [0.1, 0.15) is 17.8 Å². The zero-order valence-corrected chi connectivity index (χ0v) is 11.8. The Morgan fingerprint density at radius 2 is 2.06 bits per heavy atom. The van der Waals surface area contributed by atoms with E-state index >= 15 is 0 Å². The number of halogens is 1. The lowest BCUT2D eigenvalue weighted by Crippen LogP contribution is -2.18. The molecule has 1 aromatic carbocycles. The predicted octanol–water partition coefficient (Wildman–Crippen LogP) is 3.25. The van der Waals surface area contributed by atoms with Crippen LogP contribution in [0.25, 0.3) is 0 Å². The quantitative estimate of drug-likeness (QED) is 0.943. The van der Waals surface area contributed by atoms with Gasteiger partial charge in [-0.15, -0.1) is 0 Å². The van der Waals surface area contributed by atoms with Crippen LogP contribution in [0, 0.1) is 0 Å². The van der Waals surface area contributed by atoms with Gasteiger partial charge in [-0.3, -0.25) is 0 Å². The molecule has 18 heavy (non-hydrogen) atoms. The normalized spacial score (nSPS) is 14.1. The minimum absolute atomic E-state index is 0.949. The number of benzene rings is 1. The van der Waals surface area contributed by atoms with Crippen molar-refractivity contribution in [2.45, 2.75) is 25.8 Å². The Hall–Kier alpha value is -1.29. The predicted molar refractivity (Wildman–Crippen MR) is 76.9 cm³/mol. The van der Waals surface area contributed by atoms with Crippen LogP contribution >= 0.6 is 15.9 Å². The summed E-state index contributed by atoms with van der Waals surface area (Å²) in [5, 5.41) is 3.40. The van der Waals surface area contributed by atoms with E-state index in [1.165, 1.54) is 17.8 Å². The Morgan fingerprint density at radius 3 is 2.89 bits per heavy atom. The van der Waals surface area contributed by atoms with Crippen LogP contribution in [0.15, 0.2) is 34.9 Å². The summed E-state index contributed by atoms with van der Waals surface area (Å²) < 4.78 is 3.25. The van der Waals surface area contributed by atoms with Crippen LogP contribution in [-0.2, 0) is 19.4 Å². The second kappa shape index (κ2) is 5.14.